The average molecular weight is 323 g/mol. The van der Waals surface area contributed by atoms with Gasteiger partial charge in [0.05, 0.1) is 6.33 Å². The molecule has 0 saturated carbocycles. The molecule has 11 heteroatoms. The largest absolute Gasteiger partial charge is 0.508 e. The van der Waals surface area contributed by atoms with E-state index in [1.54, 1.807) is 0 Å². The molecule has 3 rings (SSSR count). The normalized spacial score (nSPS) is 15.3. The third-order valence-corrected chi connectivity index (χ3v) is 2.99. The smallest absolute Gasteiger partial charge is 0.431 e. The average Bonchev–Trinajstić information content (AvgIpc) is 2.90. The number of ether oxygens (including phenoxy) is 3. The van der Waals surface area contributed by atoms with Crippen LogP contribution in [0.15, 0.2) is 11.1 Å². The van der Waals surface area contributed by atoms with E-state index in [0.29, 0.717) is 0 Å². The van der Waals surface area contributed by atoms with E-state index in [4.69, 9.17) is 14.2 Å². The first-order chi connectivity index (χ1) is 11.0. The number of anilines is 1. The first-order valence-corrected chi connectivity index (χ1v) is 6.67. The van der Waals surface area contributed by atoms with E-state index in [9.17, 15) is 14.4 Å². The summed E-state index contributed by atoms with van der Waals surface area (Å²) in [6.45, 7) is 1.49. The molecule has 0 aromatic carbocycles. The Hall–Kier alpha value is -2.95. The molecule has 1 aliphatic rings. The number of hydrogen-bond donors (Lipinski definition) is 2. The summed E-state index contributed by atoms with van der Waals surface area (Å²) in [5, 5.41) is 2.40. The molecule has 3 heterocycles. The van der Waals surface area contributed by atoms with Crippen molar-refractivity contribution in [2.45, 2.75) is 19.8 Å². The number of carbonyl (C=O) groups is 2. The van der Waals surface area contributed by atoms with Crippen molar-refractivity contribution >= 4 is 29.2 Å². The van der Waals surface area contributed by atoms with Crippen molar-refractivity contribution in [3.05, 3.63) is 16.7 Å². The fraction of sp³-hybridized carbons (Fsp3) is 0.417. The van der Waals surface area contributed by atoms with Gasteiger partial charge in [-0.3, -0.25) is 24.5 Å². The van der Waals surface area contributed by atoms with E-state index in [0.717, 1.165) is 0 Å². The molecule has 0 spiro atoms. The second-order valence-electron chi connectivity index (χ2n) is 4.77. The Kier molecular flexibility index (Phi) is 3.93. The zero-order valence-corrected chi connectivity index (χ0v) is 12.1. The first-order valence-electron chi connectivity index (χ1n) is 6.67. The monoisotopic (exact) mass is 323 g/mol. The zero-order valence-electron chi connectivity index (χ0n) is 12.1. The highest BCUT2D eigenvalue weighted by molar-refractivity contribution is 5.87. The lowest BCUT2D eigenvalue weighted by molar-refractivity contribution is -0.114. The minimum atomic E-state index is -0.730. The molecule has 0 atom stereocenters. The molecule has 0 unspecified atom stereocenters. The van der Waals surface area contributed by atoms with Crippen molar-refractivity contribution in [3.63, 3.8) is 0 Å². The van der Waals surface area contributed by atoms with Gasteiger partial charge in [-0.25, -0.2) is 9.78 Å². The lowest BCUT2D eigenvalue weighted by Gasteiger charge is -2.22. The SMILES string of the molecule is CC(=O)Nc1nc2c(ncn2COC2COC(=O)OC2)c(=O)[nH]1. The summed E-state index contributed by atoms with van der Waals surface area (Å²) in [6, 6.07) is 0. The molecule has 1 fully saturated rings. The molecule has 1 aliphatic heterocycles. The molecule has 1 saturated heterocycles. The summed E-state index contributed by atoms with van der Waals surface area (Å²) < 4.78 is 16.4. The van der Waals surface area contributed by atoms with Gasteiger partial charge >= 0.3 is 6.16 Å². The third-order valence-electron chi connectivity index (χ3n) is 2.99. The molecule has 23 heavy (non-hydrogen) atoms. The number of aromatic nitrogens is 4. The predicted molar refractivity (Wildman–Crippen MR) is 74.6 cm³/mol. The fourth-order valence-electron chi connectivity index (χ4n) is 1.97. The summed E-state index contributed by atoms with van der Waals surface area (Å²) in [7, 11) is 0. The minimum absolute atomic E-state index is 0.0201. The number of imidazole rings is 1. The maximum Gasteiger partial charge on any atom is 0.508 e. The molecule has 0 aliphatic carbocycles. The van der Waals surface area contributed by atoms with E-state index < -0.39 is 17.8 Å². The van der Waals surface area contributed by atoms with Crippen LogP contribution in [0.5, 0.6) is 0 Å². The maximum atomic E-state index is 11.9. The van der Waals surface area contributed by atoms with Gasteiger partial charge in [-0.05, 0) is 0 Å². The van der Waals surface area contributed by atoms with Crippen LogP contribution in [0.1, 0.15) is 6.92 Å². The van der Waals surface area contributed by atoms with Gasteiger partial charge in [0.2, 0.25) is 11.9 Å². The molecule has 2 aromatic rings. The number of carbonyl (C=O) groups excluding carboxylic acids is 2. The number of rotatable bonds is 4. The van der Waals surface area contributed by atoms with Crippen LogP contribution in [-0.2, 0) is 25.7 Å². The number of aromatic amines is 1. The first kappa shape index (κ1) is 15.0. The van der Waals surface area contributed by atoms with Crippen molar-refractivity contribution in [1.82, 2.24) is 19.5 Å². The van der Waals surface area contributed by atoms with Crippen LogP contribution in [-0.4, -0.2) is 50.9 Å². The van der Waals surface area contributed by atoms with E-state index >= 15 is 0 Å². The van der Waals surface area contributed by atoms with Crippen LogP contribution in [0.4, 0.5) is 10.7 Å². The summed E-state index contributed by atoms with van der Waals surface area (Å²) in [5.74, 6) is -0.345. The Bertz CT molecular complexity index is 802. The van der Waals surface area contributed by atoms with Gasteiger partial charge in [0, 0.05) is 6.92 Å². The van der Waals surface area contributed by atoms with Crippen molar-refractivity contribution in [2.24, 2.45) is 0 Å². The lowest BCUT2D eigenvalue weighted by Crippen LogP contribution is -2.34. The van der Waals surface area contributed by atoms with E-state index in [1.165, 1.54) is 17.8 Å². The van der Waals surface area contributed by atoms with Crippen molar-refractivity contribution < 1.29 is 23.8 Å². The number of amides is 1. The van der Waals surface area contributed by atoms with Gasteiger partial charge < -0.3 is 14.2 Å². The zero-order chi connectivity index (χ0) is 16.4. The molecule has 0 bridgehead atoms. The van der Waals surface area contributed by atoms with Gasteiger partial charge in [-0.1, -0.05) is 0 Å². The molecule has 0 radical (unpaired) electrons. The maximum absolute atomic E-state index is 11.9. The predicted octanol–water partition coefficient (Wildman–Crippen LogP) is -0.413. The quantitative estimate of drug-likeness (QED) is 0.724. The van der Waals surface area contributed by atoms with Gasteiger partial charge in [0.1, 0.15) is 26.0 Å². The second kappa shape index (κ2) is 6.04. The van der Waals surface area contributed by atoms with Gasteiger partial charge in [-0.2, -0.15) is 4.98 Å². The van der Waals surface area contributed by atoms with E-state index in [-0.39, 0.29) is 43.0 Å². The van der Waals surface area contributed by atoms with Crippen molar-refractivity contribution in [1.29, 1.82) is 0 Å². The van der Waals surface area contributed by atoms with Crippen molar-refractivity contribution in [3.8, 4) is 0 Å². The molecule has 2 aromatic heterocycles. The molecular formula is C12H13N5O6. The molecule has 122 valence electrons. The Balaban J connectivity index is 1.78. The van der Waals surface area contributed by atoms with Crippen LogP contribution in [0.2, 0.25) is 0 Å². The standard InChI is InChI=1S/C12H13N5O6/c1-6(18)14-11-15-9-8(10(19)16-11)13-4-17(9)5-23-7-2-21-12(20)22-3-7/h4,7H,2-3,5H2,1H3,(H2,14,15,16,18,19). The number of cyclic esters (lactones) is 2. The number of nitrogens with zero attached hydrogens (tertiary/aromatic N) is 3. The van der Waals surface area contributed by atoms with Gasteiger partial charge in [0.25, 0.3) is 5.56 Å². The second-order valence-corrected chi connectivity index (χ2v) is 4.77. The highest BCUT2D eigenvalue weighted by atomic mass is 16.7. The highest BCUT2D eigenvalue weighted by Gasteiger charge is 2.22. The van der Waals surface area contributed by atoms with Gasteiger partial charge in [0.15, 0.2) is 11.2 Å². The van der Waals surface area contributed by atoms with Crippen LogP contribution in [0, 0.1) is 0 Å². The molecule has 11 nitrogen and oxygen atoms in total. The minimum Gasteiger partial charge on any atom is -0.431 e. The van der Waals surface area contributed by atoms with Crippen molar-refractivity contribution in [2.75, 3.05) is 18.5 Å². The summed E-state index contributed by atoms with van der Waals surface area (Å²) in [5.41, 5.74) is -0.104. The molecule has 2 N–H and O–H groups in total. The van der Waals surface area contributed by atoms with Crippen LogP contribution in [0.25, 0.3) is 11.2 Å². The molecular weight excluding hydrogens is 310 g/mol. The Morgan fingerprint density at radius 3 is 2.91 bits per heavy atom. The third kappa shape index (κ3) is 3.29. The summed E-state index contributed by atoms with van der Waals surface area (Å²) >= 11 is 0. The molecule has 1 amide bonds. The highest BCUT2D eigenvalue weighted by Crippen LogP contribution is 2.10. The Morgan fingerprint density at radius 1 is 1.48 bits per heavy atom. The van der Waals surface area contributed by atoms with Crippen LogP contribution >= 0.6 is 0 Å². The Morgan fingerprint density at radius 2 is 2.22 bits per heavy atom. The number of nitrogens with one attached hydrogen (secondary N) is 2. The van der Waals surface area contributed by atoms with E-state index in [2.05, 4.69) is 20.3 Å². The lowest BCUT2D eigenvalue weighted by atomic mass is 10.4. The summed E-state index contributed by atoms with van der Waals surface area (Å²) in [6.07, 6.45) is 0.230. The topological polar surface area (TPSA) is 137 Å². The van der Waals surface area contributed by atoms with Crippen LogP contribution < -0.4 is 10.9 Å². The van der Waals surface area contributed by atoms with Crippen LogP contribution in [0.3, 0.4) is 0 Å². The van der Waals surface area contributed by atoms with E-state index in [1.807, 2.05) is 0 Å². The fourth-order valence-corrected chi connectivity index (χ4v) is 1.97. The number of fused-ring (bicyclic) bond motifs is 1. The number of hydrogen-bond acceptors (Lipinski definition) is 8. The summed E-state index contributed by atoms with van der Waals surface area (Å²) in [4.78, 5) is 44.2. The number of H-pyrrole nitrogens is 1. The van der Waals surface area contributed by atoms with Gasteiger partial charge in [-0.15, -0.1) is 0 Å². The Labute approximate surface area is 128 Å².